The van der Waals surface area contributed by atoms with Crippen molar-refractivity contribution < 1.29 is 9.32 Å². The summed E-state index contributed by atoms with van der Waals surface area (Å²) in [5.41, 5.74) is 2.14. The second-order valence-electron chi connectivity index (χ2n) is 4.32. The van der Waals surface area contributed by atoms with Gasteiger partial charge in [0, 0.05) is 11.1 Å². The maximum Gasteiger partial charge on any atom is 0.258 e. The molecular weight excluding hydrogens is 252 g/mol. The molecule has 0 amide bonds. The highest BCUT2D eigenvalue weighted by Crippen LogP contribution is 2.17. The van der Waals surface area contributed by atoms with E-state index in [0.717, 1.165) is 11.1 Å². The van der Waals surface area contributed by atoms with Gasteiger partial charge >= 0.3 is 0 Å². The number of hydrogen-bond donors (Lipinski definition) is 0. The van der Waals surface area contributed by atoms with E-state index < -0.39 is 0 Å². The summed E-state index contributed by atoms with van der Waals surface area (Å²) >= 11 is 0. The maximum atomic E-state index is 12.2. The number of aromatic nitrogens is 2. The first-order chi connectivity index (χ1) is 9.74. The van der Waals surface area contributed by atoms with E-state index in [1.54, 1.807) is 24.3 Å². The molecule has 0 saturated carbocycles. The van der Waals surface area contributed by atoms with Gasteiger partial charge in [-0.3, -0.25) is 4.79 Å². The van der Waals surface area contributed by atoms with Crippen LogP contribution in [0.4, 0.5) is 0 Å². The van der Waals surface area contributed by atoms with Crippen LogP contribution in [0.2, 0.25) is 0 Å². The highest BCUT2D eigenvalue weighted by atomic mass is 16.5. The van der Waals surface area contributed by atoms with Crippen molar-refractivity contribution in [1.29, 1.82) is 0 Å². The Bertz CT molecular complexity index is 731. The molecule has 0 atom stereocenters. The Kier molecular flexibility index (Phi) is 3.13. The molecule has 0 N–H and O–H groups in total. The zero-order valence-corrected chi connectivity index (χ0v) is 10.6. The molecule has 20 heavy (non-hydrogen) atoms. The fourth-order valence-electron chi connectivity index (χ4n) is 1.80. The van der Waals surface area contributed by atoms with Gasteiger partial charge in [0.25, 0.3) is 5.89 Å². The summed E-state index contributed by atoms with van der Waals surface area (Å²) in [5, 5.41) is 3.74. The molecule has 1 radical (unpaired) electrons. The third kappa shape index (κ3) is 2.36. The topological polar surface area (TPSA) is 56.0 Å². The van der Waals surface area contributed by atoms with Crippen LogP contribution < -0.4 is 0 Å². The lowest BCUT2D eigenvalue weighted by Gasteiger charge is -1.96. The van der Waals surface area contributed by atoms with Crippen molar-refractivity contribution in [1.82, 2.24) is 10.1 Å². The molecule has 0 unspecified atom stereocenters. The Hall–Kier alpha value is -2.75. The van der Waals surface area contributed by atoms with Crippen LogP contribution in [0.25, 0.3) is 11.5 Å². The van der Waals surface area contributed by atoms with Gasteiger partial charge in [0.15, 0.2) is 0 Å². The van der Waals surface area contributed by atoms with E-state index in [2.05, 4.69) is 17.1 Å². The zero-order chi connectivity index (χ0) is 13.9. The number of rotatable bonds is 3. The molecule has 0 saturated heterocycles. The summed E-state index contributed by atoms with van der Waals surface area (Å²) in [7, 11) is 0. The van der Waals surface area contributed by atoms with Gasteiger partial charge in [-0.15, -0.1) is 0 Å². The van der Waals surface area contributed by atoms with Crippen LogP contribution in [-0.4, -0.2) is 15.9 Å². The van der Waals surface area contributed by atoms with E-state index >= 15 is 0 Å². The largest absolute Gasteiger partial charge is 0.333 e. The smallest absolute Gasteiger partial charge is 0.258 e. The number of nitrogens with zero attached hydrogens (tertiary/aromatic N) is 2. The summed E-state index contributed by atoms with van der Waals surface area (Å²) in [5.74, 6) is 0.124. The number of carbonyl (C=O) groups is 1. The van der Waals surface area contributed by atoms with Crippen molar-refractivity contribution in [2.45, 2.75) is 0 Å². The Balaban J connectivity index is 1.90. The number of ketones is 1. The minimum atomic E-state index is -0.268. The summed E-state index contributed by atoms with van der Waals surface area (Å²) in [6, 6.07) is 16.3. The van der Waals surface area contributed by atoms with Crippen LogP contribution in [0.5, 0.6) is 0 Å². The molecule has 4 nitrogen and oxygen atoms in total. The number of benzene rings is 2. The molecule has 0 bridgehead atoms. The average molecular weight is 263 g/mol. The van der Waals surface area contributed by atoms with Crippen molar-refractivity contribution in [3.05, 3.63) is 78.5 Å². The molecule has 97 valence electrons. The number of carbonyl (C=O) groups excluding carboxylic acids is 1. The van der Waals surface area contributed by atoms with E-state index in [9.17, 15) is 4.79 Å². The Labute approximate surface area is 116 Å². The molecule has 0 spiro atoms. The van der Waals surface area contributed by atoms with Gasteiger partial charge in [-0.2, -0.15) is 4.98 Å². The fourth-order valence-corrected chi connectivity index (χ4v) is 1.80. The first-order valence-electron chi connectivity index (χ1n) is 6.10. The molecule has 1 aromatic heterocycles. The molecule has 1 heterocycles. The standard InChI is InChI=1S/C16H11N2O2/c1-11-7-9-12(10-8-11)14(19)15-17-16(20-18-15)13-5-3-2-4-6-13/h2-10H,1H2. The van der Waals surface area contributed by atoms with Gasteiger partial charge in [-0.05, 0) is 24.6 Å². The van der Waals surface area contributed by atoms with Crippen molar-refractivity contribution >= 4 is 5.78 Å². The lowest BCUT2D eigenvalue weighted by atomic mass is 10.1. The molecule has 0 aliphatic carbocycles. The van der Waals surface area contributed by atoms with Gasteiger partial charge in [0.05, 0.1) is 0 Å². The molecule has 0 fully saturated rings. The van der Waals surface area contributed by atoms with Gasteiger partial charge in [-0.1, -0.05) is 47.6 Å². The van der Waals surface area contributed by atoms with Crippen LogP contribution in [-0.2, 0) is 0 Å². The summed E-state index contributed by atoms with van der Waals surface area (Å²) in [4.78, 5) is 16.3. The summed E-state index contributed by atoms with van der Waals surface area (Å²) in [6.07, 6.45) is 0. The summed E-state index contributed by atoms with van der Waals surface area (Å²) < 4.78 is 5.12. The lowest BCUT2D eigenvalue weighted by Crippen LogP contribution is -2.03. The van der Waals surface area contributed by atoms with Crippen LogP contribution in [0.15, 0.2) is 59.1 Å². The van der Waals surface area contributed by atoms with Gasteiger partial charge in [-0.25, -0.2) is 0 Å². The fraction of sp³-hybridized carbons (Fsp3) is 0. The molecule has 2 aromatic carbocycles. The predicted octanol–water partition coefficient (Wildman–Crippen LogP) is 3.15. The molecule has 3 rings (SSSR count). The van der Waals surface area contributed by atoms with Crippen LogP contribution >= 0.6 is 0 Å². The van der Waals surface area contributed by atoms with E-state index in [1.807, 2.05) is 30.3 Å². The zero-order valence-electron chi connectivity index (χ0n) is 10.6. The second-order valence-corrected chi connectivity index (χ2v) is 4.32. The first kappa shape index (κ1) is 12.3. The highest BCUT2D eigenvalue weighted by molar-refractivity contribution is 6.06. The molecule has 0 aliphatic rings. The van der Waals surface area contributed by atoms with Gasteiger partial charge in [0.1, 0.15) is 0 Å². The minimum absolute atomic E-state index is 0.0562. The van der Waals surface area contributed by atoms with E-state index in [1.165, 1.54) is 0 Å². The molecule has 3 aromatic rings. The highest BCUT2D eigenvalue weighted by Gasteiger charge is 2.17. The molecule has 4 heteroatoms. The maximum absolute atomic E-state index is 12.2. The first-order valence-corrected chi connectivity index (χ1v) is 6.10. The van der Waals surface area contributed by atoms with Crippen molar-refractivity contribution in [2.24, 2.45) is 0 Å². The SMILES string of the molecule is [CH2]c1ccc(C(=O)c2noc(-c3ccccc3)n2)cc1. The van der Waals surface area contributed by atoms with Gasteiger partial charge in [0.2, 0.25) is 11.6 Å². The normalized spacial score (nSPS) is 10.4. The predicted molar refractivity (Wildman–Crippen MR) is 74.1 cm³/mol. The van der Waals surface area contributed by atoms with Gasteiger partial charge < -0.3 is 4.52 Å². The van der Waals surface area contributed by atoms with Crippen LogP contribution in [0.1, 0.15) is 21.7 Å². The monoisotopic (exact) mass is 263 g/mol. The quantitative estimate of drug-likeness (QED) is 0.681. The van der Waals surface area contributed by atoms with Crippen molar-refractivity contribution in [3.8, 4) is 11.5 Å². The minimum Gasteiger partial charge on any atom is -0.333 e. The Morgan fingerprint density at radius 1 is 1.00 bits per heavy atom. The van der Waals surface area contributed by atoms with E-state index in [0.29, 0.717) is 11.5 Å². The van der Waals surface area contributed by atoms with Crippen LogP contribution in [0.3, 0.4) is 0 Å². The third-order valence-electron chi connectivity index (χ3n) is 2.87. The Morgan fingerprint density at radius 3 is 2.40 bits per heavy atom. The van der Waals surface area contributed by atoms with E-state index in [4.69, 9.17) is 4.52 Å². The second kappa shape index (κ2) is 5.09. The Morgan fingerprint density at radius 2 is 1.70 bits per heavy atom. The molecule has 0 aliphatic heterocycles. The average Bonchev–Trinajstić information content (AvgIpc) is 2.98. The van der Waals surface area contributed by atoms with E-state index in [-0.39, 0.29) is 11.6 Å². The summed E-state index contributed by atoms with van der Waals surface area (Å²) in [6.45, 7) is 3.78. The molecular formula is C16H11N2O2. The van der Waals surface area contributed by atoms with Crippen LogP contribution in [0, 0.1) is 6.92 Å². The third-order valence-corrected chi connectivity index (χ3v) is 2.87. The lowest BCUT2D eigenvalue weighted by molar-refractivity contribution is 0.102. The number of hydrogen-bond acceptors (Lipinski definition) is 4. The van der Waals surface area contributed by atoms with Crippen molar-refractivity contribution in [3.63, 3.8) is 0 Å². The van der Waals surface area contributed by atoms with Crippen molar-refractivity contribution in [2.75, 3.05) is 0 Å².